The third-order valence-electron chi connectivity index (χ3n) is 2.69. The van der Waals surface area contributed by atoms with E-state index in [-0.39, 0.29) is 23.1 Å². The van der Waals surface area contributed by atoms with Gasteiger partial charge in [-0.1, -0.05) is 17.7 Å². The van der Waals surface area contributed by atoms with E-state index in [9.17, 15) is 8.42 Å². The minimum atomic E-state index is -3.70. The van der Waals surface area contributed by atoms with Crippen LogP contribution in [0.2, 0.25) is 5.02 Å². The molecule has 0 amide bonds. The fourth-order valence-electron chi connectivity index (χ4n) is 1.66. The summed E-state index contributed by atoms with van der Waals surface area (Å²) in [5.41, 5.74) is 0.490. The molecule has 2 N–H and O–H groups in total. The van der Waals surface area contributed by atoms with Gasteiger partial charge in [0.2, 0.25) is 10.0 Å². The van der Waals surface area contributed by atoms with Crippen LogP contribution in [0.15, 0.2) is 41.8 Å². The SMILES string of the molecule is O=S(=O)(NCCn1ccnc1)c1cc(CO)ccc1Cl. The molecule has 0 aliphatic heterocycles. The van der Waals surface area contributed by atoms with Gasteiger partial charge in [0, 0.05) is 25.5 Å². The van der Waals surface area contributed by atoms with E-state index in [4.69, 9.17) is 16.7 Å². The van der Waals surface area contributed by atoms with E-state index < -0.39 is 10.0 Å². The number of benzene rings is 1. The second-order valence-electron chi connectivity index (χ2n) is 4.12. The van der Waals surface area contributed by atoms with E-state index in [0.29, 0.717) is 12.1 Å². The predicted octanol–water partition coefficient (Wildman–Crippen LogP) is 1.01. The molecule has 0 aliphatic rings. The number of halogens is 1. The molecular formula is C12H14ClN3O3S. The second-order valence-corrected chi connectivity index (χ2v) is 6.26. The fourth-order valence-corrected chi connectivity index (χ4v) is 3.23. The molecule has 0 atom stereocenters. The van der Waals surface area contributed by atoms with Crippen LogP contribution in [-0.2, 0) is 23.2 Å². The maximum absolute atomic E-state index is 12.1. The highest BCUT2D eigenvalue weighted by Gasteiger charge is 2.17. The molecule has 8 heteroatoms. The smallest absolute Gasteiger partial charge is 0.242 e. The standard InChI is InChI=1S/C12H14ClN3O3S/c13-11-2-1-10(8-17)7-12(11)20(18,19)15-4-6-16-5-3-14-9-16/h1-3,5,7,9,15,17H,4,6,8H2. The first-order valence-electron chi connectivity index (χ1n) is 5.87. The molecule has 0 saturated carbocycles. The van der Waals surface area contributed by atoms with Gasteiger partial charge in [0.15, 0.2) is 0 Å². The third-order valence-corrected chi connectivity index (χ3v) is 4.63. The van der Waals surface area contributed by atoms with E-state index in [1.165, 1.54) is 12.1 Å². The van der Waals surface area contributed by atoms with Crippen LogP contribution in [0.1, 0.15) is 5.56 Å². The number of rotatable bonds is 6. The number of hydrogen-bond acceptors (Lipinski definition) is 4. The van der Waals surface area contributed by atoms with Crippen molar-refractivity contribution in [1.82, 2.24) is 14.3 Å². The van der Waals surface area contributed by atoms with Crippen LogP contribution in [0.3, 0.4) is 0 Å². The van der Waals surface area contributed by atoms with Crippen molar-refractivity contribution in [2.45, 2.75) is 18.0 Å². The zero-order valence-electron chi connectivity index (χ0n) is 10.5. The second kappa shape index (κ2) is 6.36. The van der Waals surface area contributed by atoms with Gasteiger partial charge in [0.25, 0.3) is 0 Å². The first-order chi connectivity index (χ1) is 9.53. The average Bonchev–Trinajstić information content (AvgIpc) is 2.92. The van der Waals surface area contributed by atoms with Gasteiger partial charge in [-0.25, -0.2) is 18.1 Å². The molecule has 0 fully saturated rings. The molecule has 2 aromatic rings. The monoisotopic (exact) mass is 315 g/mol. The largest absolute Gasteiger partial charge is 0.392 e. The number of hydrogen-bond donors (Lipinski definition) is 2. The fraction of sp³-hybridized carbons (Fsp3) is 0.250. The molecule has 0 unspecified atom stereocenters. The Morgan fingerprint density at radius 3 is 2.85 bits per heavy atom. The summed E-state index contributed by atoms with van der Waals surface area (Å²) in [6.45, 7) is 0.448. The van der Waals surface area contributed by atoms with Crippen molar-refractivity contribution in [2.24, 2.45) is 0 Å². The molecule has 20 heavy (non-hydrogen) atoms. The number of imidazole rings is 1. The van der Waals surface area contributed by atoms with Crippen LogP contribution in [-0.4, -0.2) is 29.6 Å². The molecule has 1 heterocycles. The summed E-state index contributed by atoms with van der Waals surface area (Å²) in [6, 6.07) is 4.40. The summed E-state index contributed by atoms with van der Waals surface area (Å²) in [7, 11) is -3.70. The molecule has 108 valence electrons. The van der Waals surface area contributed by atoms with Crippen LogP contribution in [0.5, 0.6) is 0 Å². The number of aliphatic hydroxyl groups excluding tert-OH is 1. The van der Waals surface area contributed by atoms with E-state index in [0.717, 1.165) is 0 Å². The van der Waals surface area contributed by atoms with Crippen LogP contribution >= 0.6 is 11.6 Å². The highest BCUT2D eigenvalue weighted by molar-refractivity contribution is 7.89. The zero-order valence-corrected chi connectivity index (χ0v) is 12.1. The van der Waals surface area contributed by atoms with Gasteiger partial charge >= 0.3 is 0 Å². The van der Waals surface area contributed by atoms with Crippen LogP contribution in [0.4, 0.5) is 0 Å². The summed E-state index contributed by atoms with van der Waals surface area (Å²) in [4.78, 5) is 3.84. The highest BCUT2D eigenvalue weighted by atomic mass is 35.5. The summed E-state index contributed by atoms with van der Waals surface area (Å²) < 4.78 is 28.5. The van der Waals surface area contributed by atoms with E-state index in [1.54, 1.807) is 29.4 Å². The third kappa shape index (κ3) is 3.57. The molecule has 6 nitrogen and oxygen atoms in total. The maximum atomic E-state index is 12.1. The number of aromatic nitrogens is 2. The quantitative estimate of drug-likeness (QED) is 0.833. The van der Waals surface area contributed by atoms with Gasteiger partial charge in [-0.15, -0.1) is 0 Å². The Hall–Kier alpha value is -1.41. The molecular weight excluding hydrogens is 302 g/mol. The van der Waals surface area contributed by atoms with Gasteiger partial charge in [0.05, 0.1) is 18.0 Å². The molecule has 0 saturated heterocycles. The Morgan fingerprint density at radius 1 is 1.40 bits per heavy atom. The zero-order chi connectivity index (χ0) is 14.6. The number of nitrogens with zero attached hydrogens (tertiary/aromatic N) is 2. The first kappa shape index (κ1) is 15.0. The van der Waals surface area contributed by atoms with Crippen molar-refractivity contribution >= 4 is 21.6 Å². The van der Waals surface area contributed by atoms with Crippen molar-refractivity contribution in [3.63, 3.8) is 0 Å². The van der Waals surface area contributed by atoms with Crippen molar-refractivity contribution in [1.29, 1.82) is 0 Å². The minimum absolute atomic E-state index is 0.0312. The first-order valence-corrected chi connectivity index (χ1v) is 7.74. The van der Waals surface area contributed by atoms with Crippen LogP contribution in [0.25, 0.3) is 0 Å². The average molecular weight is 316 g/mol. The topological polar surface area (TPSA) is 84.2 Å². The van der Waals surface area contributed by atoms with Crippen LogP contribution < -0.4 is 4.72 Å². The van der Waals surface area contributed by atoms with Gasteiger partial charge in [-0.05, 0) is 17.7 Å². The normalized spacial score (nSPS) is 11.7. The Balaban J connectivity index is 2.09. The van der Waals surface area contributed by atoms with Gasteiger partial charge in [-0.2, -0.15) is 0 Å². The Labute approximate surface area is 122 Å². The minimum Gasteiger partial charge on any atom is -0.392 e. The molecule has 0 aliphatic carbocycles. The predicted molar refractivity (Wildman–Crippen MR) is 74.8 cm³/mol. The van der Waals surface area contributed by atoms with Crippen molar-refractivity contribution in [2.75, 3.05) is 6.54 Å². The van der Waals surface area contributed by atoms with Gasteiger partial charge < -0.3 is 9.67 Å². The number of aliphatic hydroxyl groups is 1. The Morgan fingerprint density at radius 2 is 2.20 bits per heavy atom. The summed E-state index contributed by atoms with van der Waals surface area (Å²) in [5, 5.41) is 9.17. The summed E-state index contributed by atoms with van der Waals surface area (Å²) in [6.07, 6.45) is 4.97. The van der Waals surface area contributed by atoms with Crippen molar-refractivity contribution < 1.29 is 13.5 Å². The summed E-state index contributed by atoms with van der Waals surface area (Å²) >= 11 is 5.90. The lowest BCUT2D eigenvalue weighted by Gasteiger charge is -2.10. The molecule has 0 radical (unpaired) electrons. The Kier molecular flexibility index (Phi) is 4.77. The Bertz CT molecular complexity index is 671. The molecule has 0 bridgehead atoms. The van der Waals surface area contributed by atoms with Gasteiger partial charge in [-0.3, -0.25) is 0 Å². The number of sulfonamides is 1. The van der Waals surface area contributed by atoms with Crippen LogP contribution in [0, 0.1) is 0 Å². The molecule has 1 aromatic carbocycles. The van der Waals surface area contributed by atoms with Crippen molar-refractivity contribution in [3.8, 4) is 0 Å². The van der Waals surface area contributed by atoms with E-state index >= 15 is 0 Å². The highest BCUT2D eigenvalue weighted by Crippen LogP contribution is 2.22. The van der Waals surface area contributed by atoms with Crippen molar-refractivity contribution in [3.05, 3.63) is 47.5 Å². The van der Waals surface area contributed by atoms with Gasteiger partial charge in [0.1, 0.15) is 4.90 Å². The molecule has 0 spiro atoms. The lowest BCUT2D eigenvalue weighted by atomic mass is 10.2. The molecule has 1 aromatic heterocycles. The maximum Gasteiger partial charge on any atom is 0.242 e. The lowest BCUT2D eigenvalue weighted by molar-refractivity contribution is 0.281. The van der Waals surface area contributed by atoms with E-state index in [1.807, 2.05) is 0 Å². The van der Waals surface area contributed by atoms with E-state index in [2.05, 4.69) is 9.71 Å². The lowest BCUT2D eigenvalue weighted by Crippen LogP contribution is -2.27. The molecule has 2 rings (SSSR count). The number of nitrogens with one attached hydrogen (secondary N) is 1. The summed E-state index contributed by atoms with van der Waals surface area (Å²) in [5.74, 6) is 0.